The van der Waals surface area contributed by atoms with E-state index < -0.39 is 0 Å². The van der Waals surface area contributed by atoms with Gasteiger partial charge in [-0.05, 0) is 25.6 Å². The number of rotatable bonds is 3. The number of fused-ring (bicyclic) bond motifs is 1. The third-order valence-electron chi connectivity index (χ3n) is 4.97. The highest BCUT2D eigenvalue weighted by atomic mass is 15.2. The molecule has 0 radical (unpaired) electrons. The molecule has 2 rings (SSSR count). The first-order chi connectivity index (χ1) is 8.78. The summed E-state index contributed by atoms with van der Waals surface area (Å²) in [5, 5.41) is 0. The number of hydrogen-bond acceptors (Lipinski definition) is 3. The van der Waals surface area contributed by atoms with Gasteiger partial charge in [-0.25, -0.2) is 0 Å². The van der Waals surface area contributed by atoms with Gasteiger partial charge in [0.2, 0.25) is 0 Å². The van der Waals surface area contributed by atoms with Crippen LogP contribution in [0.4, 0.5) is 5.69 Å². The lowest BCUT2D eigenvalue weighted by molar-refractivity contribution is 0.464. The van der Waals surface area contributed by atoms with Crippen LogP contribution in [-0.2, 0) is 5.41 Å². The van der Waals surface area contributed by atoms with Crippen molar-refractivity contribution < 1.29 is 0 Å². The molecule has 1 aromatic carbocycles. The van der Waals surface area contributed by atoms with Crippen molar-refractivity contribution in [3.8, 4) is 0 Å². The number of para-hydroxylation sites is 1. The Morgan fingerprint density at radius 2 is 1.84 bits per heavy atom. The van der Waals surface area contributed by atoms with Crippen molar-refractivity contribution in [3.05, 3.63) is 29.8 Å². The minimum Gasteiger partial charge on any atom is -0.398 e. The summed E-state index contributed by atoms with van der Waals surface area (Å²) in [5.74, 6) is 0. The van der Waals surface area contributed by atoms with Gasteiger partial charge in [0.05, 0.1) is 0 Å². The summed E-state index contributed by atoms with van der Waals surface area (Å²) in [5.41, 5.74) is 8.99. The van der Waals surface area contributed by atoms with Crippen LogP contribution in [0.3, 0.4) is 0 Å². The molecule has 2 N–H and O–H groups in total. The van der Waals surface area contributed by atoms with E-state index in [4.69, 9.17) is 5.64 Å². The van der Waals surface area contributed by atoms with Crippen molar-refractivity contribution in [1.29, 1.82) is 0 Å². The van der Waals surface area contributed by atoms with E-state index >= 15 is 0 Å². The SMILES string of the molecule is CB(N)N(C)B(C)N1c2ccccc2C(C)(C)C1C. The third kappa shape index (κ3) is 2.19. The van der Waals surface area contributed by atoms with Crippen LogP contribution < -0.4 is 10.5 Å². The maximum absolute atomic E-state index is 6.04. The van der Waals surface area contributed by atoms with Crippen LogP contribution in [0.1, 0.15) is 26.3 Å². The zero-order valence-electron chi connectivity index (χ0n) is 13.0. The first kappa shape index (κ1) is 14.5. The molecular weight excluding hydrogens is 232 g/mol. The highest BCUT2D eigenvalue weighted by Gasteiger charge is 2.45. The second-order valence-corrected chi connectivity index (χ2v) is 6.36. The summed E-state index contributed by atoms with van der Waals surface area (Å²) in [6.07, 6.45) is 0. The van der Waals surface area contributed by atoms with Crippen LogP contribution in [0.15, 0.2) is 24.3 Å². The molecule has 0 saturated heterocycles. The topological polar surface area (TPSA) is 32.5 Å². The maximum atomic E-state index is 6.04. The average Bonchev–Trinajstić information content (AvgIpc) is 2.57. The van der Waals surface area contributed by atoms with E-state index in [0.29, 0.717) is 6.04 Å². The molecule has 1 aliphatic rings. The van der Waals surface area contributed by atoms with E-state index in [9.17, 15) is 0 Å². The molecule has 1 unspecified atom stereocenters. The van der Waals surface area contributed by atoms with E-state index in [0.717, 1.165) is 0 Å². The standard InChI is InChI=1S/C14H25B2N3/c1-11-14(2,3)12-9-7-8-10-13(12)19(11)16(5)18(6)15(4)17/h7-11H,17H2,1-6H3. The van der Waals surface area contributed by atoms with Gasteiger partial charge in [0, 0.05) is 17.1 Å². The molecular formula is C14H25B2N3. The fraction of sp³-hybridized carbons (Fsp3) is 0.571. The number of nitrogens with two attached hydrogens (primary N) is 1. The first-order valence-electron chi connectivity index (χ1n) is 7.14. The zero-order chi connectivity index (χ0) is 14.4. The third-order valence-corrected chi connectivity index (χ3v) is 4.97. The Morgan fingerprint density at radius 3 is 2.42 bits per heavy atom. The minimum atomic E-state index is 0.0538. The molecule has 1 heterocycles. The lowest BCUT2D eigenvalue weighted by Crippen LogP contribution is -2.60. The van der Waals surface area contributed by atoms with Gasteiger partial charge in [-0.3, -0.25) is 0 Å². The van der Waals surface area contributed by atoms with E-state index in [2.05, 4.69) is 68.4 Å². The van der Waals surface area contributed by atoms with Crippen LogP contribution in [0.2, 0.25) is 13.6 Å². The van der Waals surface area contributed by atoms with E-state index in [1.165, 1.54) is 11.3 Å². The predicted octanol–water partition coefficient (Wildman–Crippen LogP) is 2.30. The monoisotopic (exact) mass is 257 g/mol. The first-order valence-corrected chi connectivity index (χ1v) is 7.14. The molecule has 19 heavy (non-hydrogen) atoms. The fourth-order valence-corrected chi connectivity index (χ4v) is 3.09. The van der Waals surface area contributed by atoms with Crippen LogP contribution in [0, 0.1) is 0 Å². The van der Waals surface area contributed by atoms with Crippen molar-refractivity contribution in [1.82, 2.24) is 4.72 Å². The van der Waals surface area contributed by atoms with Gasteiger partial charge in [-0.2, -0.15) is 0 Å². The van der Waals surface area contributed by atoms with Crippen LogP contribution >= 0.6 is 0 Å². The van der Waals surface area contributed by atoms with Crippen molar-refractivity contribution in [2.24, 2.45) is 5.64 Å². The fourth-order valence-electron chi connectivity index (χ4n) is 3.09. The summed E-state index contributed by atoms with van der Waals surface area (Å²) in [4.78, 5) is 2.50. The summed E-state index contributed by atoms with van der Waals surface area (Å²) in [6.45, 7) is 11.6. The molecule has 0 bridgehead atoms. The van der Waals surface area contributed by atoms with E-state index in [1.54, 1.807) is 0 Å². The molecule has 1 atom stereocenters. The van der Waals surface area contributed by atoms with Gasteiger partial charge in [-0.15, -0.1) is 0 Å². The summed E-state index contributed by atoms with van der Waals surface area (Å²) in [7, 11) is 2.09. The number of nitrogens with zero attached hydrogens (tertiary/aromatic N) is 2. The molecule has 0 aliphatic carbocycles. The van der Waals surface area contributed by atoms with Crippen LogP contribution in [-0.4, -0.2) is 31.8 Å². The normalized spacial score (nSPS) is 20.6. The molecule has 0 spiro atoms. The Bertz CT molecular complexity index is 462. The number of benzene rings is 1. The quantitative estimate of drug-likeness (QED) is 0.843. The lowest BCUT2D eigenvalue weighted by atomic mass is 9.62. The molecule has 0 aromatic heterocycles. The highest BCUT2D eigenvalue weighted by Crippen LogP contribution is 2.45. The van der Waals surface area contributed by atoms with Gasteiger partial charge in [0.15, 0.2) is 0 Å². The second-order valence-electron chi connectivity index (χ2n) is 6.36. The van der Waals surface area contributed by atoms with Crippen LogP contribution in [0.25, 0.3) is 0 Å². The molecule has 102 valence electrons. The van der Waals surface area contributed by atoms with Gasteiger partial charge < -0.3 is 15.2 Å². The Balaban J connectivity index is 2.43. The molecule has 5 heteroatoms. The maximum Gasteiger partial charge on any atom is 0.329 e. The van der Waals surface area contributed by atoms with Gasteiger partial charge >= 0.3 is 6.98 Å². The second kappa shape index (κ2) is 4.88. The molecule has 0 amide bonds. The Kier molecular flexibility index (Phi) is 3.71. The van der Waals surface area contributed by atoms with Crippen molar-refractivity contribution in [2.75, 3.05) is 11.9 Å². The average molecular weight is 257 g/mol. The summed E-state index contributed by atoms with van der Waals surface area (Å²) in [6, 6.07) is 9.20. The van der Waals surface area contributed by atoms with E-state index in [-0.39, 0.29) is 19.4 Å². The summed E-state index contributed by atoms with van der Waals surface area (Å²) < 4.78 is 2.22. The van der Waals surface area contributed by atoms with E-state index in [1.807, 2.05) is 6.82 Å². The number of anilines is 1. The van der Waals surface area contributed by atoms with Crippen molar-refractivity contribution in [3.63, 3.8) is 0 Å². The predicted molar refractivity (Wildman–Crippen MR) is 86.6 cm³/mol. The number of hydrogen-bond donors (Lipinski definition) is 1. The van der Waals surface area contributed by atoms with Gasteiger partial charge in [-0.1, -0.05) is 45.7 Å². The van der Waals surface area contributed by atoms with Gasteiger partial charge in [0.25, 0.3) is 6.98 Å². The molecule has 1 aliphatic heterocycles. The molecule has 0 fully saturated rings. The van der Waals surface area contributed by atoms with Crippen LogP contribution in [0.5, 0.6) is 0 Å². The molecule has 0 saturated carbocycles. The Hall–Kier alpha value is -0.930. The largest absolute Gasteiger partial charge is 0.398 e. The zero-order valence-corrected chi connectivity index (χ0v) is 13.0. The molecule has 3 nitrogen and oxygen atoms in total. The lowest BCUT2D eigenvalue weighted by Gasteiger charge is -2.39. The minimum absolute atomic E-state index is 0.0538. The van der Waals surface area contributed by atoms with Crippen molar-refractivity contribution in [2.45, 2.75) is 45.9 Å². The highest BCUT2D eigenvalue weighted by molar-refractivity contribution is 6.72. The molecule has 1 aromatic rings. The van der Waals surface area contributed by atoms with Crippen molar-refractivity contribution >= 4 is 19.7 Å². The smallest absolute Gasteiger partial charge is 0.329 e. The Labute approximate surface area is 118 Å². The summed E-state index contributed by atoms with van der Waals surface area (Å²) >= 11 is 0. The van der Waals surface area contributed by atoms with Gasteiger partial charge in [0.1, 0.15) is 0 Å². The Morgan fingerprint density at radius 1 is 1.26 bits per heavy atom.